The zero-order chi connectivity index (χ0) is 11.1. The largest absolute Gasteiger partial charge is 0.481 e. The number of carbonyl (C=O) groups excluding carboxylic acids is 1. The maximum absolute atomic E-state index is 10.9. The van der Waals surface area contributed by atoms with E-state index in [0.717, 1.165) is 0 Å². The lowest BCUT2D eigenvalue weighted by atomic mass is 10.2. The Morgan fingerprint density at radius 3 is 2.21 bits per heavy atom. The molecule has 3 N–H and O–H groups in total. The zero-order valence-corrected chi connectivity index (χ0v) is 7.95. The Bertz CT molecular complexity index is 242. The molecule has 0 bridgehead atoms. The molecule has 0 aliphatic carbocycles. The molecule has 0 rings (SSSR count). The Kier molecular flexibility index (Phi) is 5.62. The van der Waals surface area contributed by atoms with Crippen molar-refractivity contribution in [3.8, 4) is 0 Å². The van der Waals surface area contributed by atoms with Crippen LogP contribution in [0.1, 0.15) is 12.8 Å². The van der Waals surface area contributed by atoms with Crippen LogP contribution in [0.25, 0.3) is 0 Å². The fraction of sp³-hybridized carbons (Fsp3) is 0.571. The van der Waals surface area contributed by atoms with E-state index in [1.807, 2.05) is 5.32 Å². The molecule has 0 aliphatic rings. The lowest BCUT2D eigenvalue weighted by molar-refractivity contribution is -0.147. The third-order valence-corrected chi connectivity index (χ3v) is 1.52. The van der Waals surface area contributed by atoms with Crippen LogP contribution in [-0.4, -0.2) is 40.0 Å². The van der Waals surface area contributed by atoms with Crippen LogP contribution in [-0.2, 0) is 14.4 Å². The number of amides is 1. The summed E-state index contributed by atoms with van der Waals surface area (Å²) >= 11 is 5.24. The smallest absolute Gasteiger partial charge is 0.326 e. The maximum Gasteiger partial charge on any atom is 0.326 e. The number of aliphatic carboxylic acids is 2. The Morgan fingerprint density at radius 2 is 1.86 bits per heavy atom. The van der Waals surface area contributed by atoms with E-state index in [0.29, 0.717) is 0 Å². The molecule has 0 fully saturated rings. The van der Waals surface area contributed by atoms with Crippen molar-refractivity contribution in [1.82, 2.24) is 5.32 Å². The van der Waals surface area contributed by atoms with Crippen LogP contribution in [0.3, 0.4) is 0 Å². The van der Waals surface area contributed by atoms with Crippen molar-refractivity contribution in [3.63, 3.8) is 0 Å². The van der Waals surface area contributed by atoms with Gasteiger partial charge >= 0.3 is 11.9 Å². The third kappa shape index (κ3) is 5.36. The van der Waals surface area contributed by atoms with Crippen LogP contribution in [0, 0.1) is 0 Å². The average Bonchev–Trinajstić information content (AvgIpc) is 2.02. The van der Waals surface area contributed by atoms with Gasteiger partial charge in [-0.15, -0.1) is 11.6 Å². The van der Waals surface area contributed by atoms with E-state index in [1.165, 1.54) is 0 Å². The summed E-state index contributed by atoms with van der Waals surface area (Å²) in [6.07, 6.45) is -0.686. The lowest BCUT2D eigenvalue weighted by Crippen LogP contribution is -2.42. The quantitative estimate of drug-likeness (QED) is 0.535. The Morgan fingerprint density at radius 1 is 1.29 bits per heavy atom. The number of rotatable bonds is 6. The summed E-state index contributed by atoms with van der Waals surface area (Å²) in [6, 6.07) is -1.40. The predicted octanol–water partition coefficient (Wildman–Crippen LogP) is -0.341. The fourth-order valence-electron chi connectivity index (χ4n) is 0.727. The summed E-state index contributed by atoms with van der Waals surface area (Å²) in [5.74, 6) is -3.18. The van der Waals surface area contributed by atoms with Gasteiger partial charge in [0, 0.05) is 12.3 Å². The van der Waals surface area contributed by atoms with Crippen LogP contribution in [0.5, 0.6) is 0 Å². The van der Waals surface area contributed by atoms with Crippen molar-refractivity contribution in [3.05, 3.63) is 0 Å². The van der Waals surface area contributed by atoms with Crippen molar-refractivity contribution >= 4 is 29.4 Å². The Balaban J connectivity index is 4.16. The molecule has 6 nitrogen and oxygen atoms in total. The molecule has 1 unspecified atom stereocenters. The molecule has 0 aromatic carbocycles. The van der Waals surface area contributed by atoms with Crippen molar-refractivity contribution in [2.24, 2.45) is 0 Å². The van der Waals surface area contributed by atoms with Crippen molar-refractivity contribution in [1.29, 1.82) is 0 Å². The summed E-state index contributed by atoms with van der Waals surface area (Å²) in [5.41, 5.74) is 0. The number of carbonyl (C=O) groups is 3. The Hall–Kier alpha value is -1.30. The molecule has 1 amide bonds. The molecule has 0 aromatic heterocycles. The summed E-state index contributed by atoms with van der Waals surface area (Å²) in [7, 11) is 0. The van der Waals surface area contributed by atoms with Gasteiger partial charge < -0.3 is 15.5 Å². The summed E-state index contributed by atoms with van der Waals surface area (Å²) in [5, 5.41) is 18.9. The number of halogens is 1. The first-order valence-corrected chi connectivity index (χ1v) is 4.30. The fourth-order valence-corrected chi connectivity index (χ4v) is 0.899. The Labute approximate surface area is 84.9 Å². The second-order valence-electron chi connectivity index (χ2n) is 2.50. The number of hydrogen-bond donors (Lipinski definition) is 3. The van der Waals surface area contributed by atoms with E-state index < -0.39 is 30.3 Å². The highest BCUT2D eigenvalue weighted by atomic mass is 35.5. The molecule has 14 heavy (non-hydrogen) atoms. The van der Waals surface area contributed by atoms with Gasteiger partial charge in [0.05, 0.1) is 6.42 Å². The molecule has 0 saturated carbocycles. The van der Waals surface area contributed by atoms with Gasteiger partial charge in [0.2, 0.25) is 5.91 Å². The maximum atomic E-state index is 10.9. The molecule has 1 atom stereocenters. The molecule has 0 spiro atoms. The van der Waals surface area contributed by atoms with E-state index >= 15 is 0 Å². The second kappa shape index (κ2) is 6.20. The number of hydrogen-bond acceptors (Lipinski definition) is 3. The topological polar surface area (TPSA) is 104 Å². The molecule has 80 valence electrons. The predicted molar refractivity (Wildman–Crippen MR) is 47.2 cm³/mol. The lowest BCUT2D eigenvalue weighted by Gasteiger charge is -2.11. The molecule has 0 aliphatic heterocycles. The van der Waals surface area contributed by atoms with E-state index in [4.69, 9.17) is 21.8 Å². The molecule has 0 aromatic rings. The SMILES string of the molecule is O=C(O)CC(NC(=O)CCCl)C(=O)O. The molecular weight excluding hydrogens is 214 g/mol. The van der Waals surface area contributed by atoms with Gasteiger partial charge in [-0.25, -0.2) is 4.79 Å². The van der Waals surface area contributed by atoms with Crippen LogP contribution >= 0.6 is 11.6 Å². The first-order chi connectivity index (χ1) is 6.47. The van der Waals surface area contributed by atoms with E-state index in [2.05, 4.69) is 0 Å². The third-order valence-electron chi connectivity index (χ3n) is 1.33. The average molecular weight is 224 g/mol. The normalized spacial score (nSPS) is 11.8. The number of alkyl halides is 1. The van der Waals surface area contributed by atoms with Crippen molar-refractivity contribution in [2.45, 2.75) is 18.9 Å². The molecule has 0 heterocycles. The van der Waals surface area contributed by atoms with Gasteiger partial charge in [-0.05, 0) is 0 Å². The van der Waals surface area contributed by atoms with E-state index in [-0.39, 0.29) is 12.3 Å². The minimum absolute atomic E-state index is 0.0368. The number of carboxylic acid groups (broad SMARTS) is 2. The van der Waals surface area contributed by atoms with E-state index in [1.54, 1.807) is 0 Å². The summed E-state index contributed by atoms with van der Waals surface area (Å²) in [4.78, 5) is 31.6. The second-order valence-corrected chi connectivity index (χ2v) is 2.87. The minimum atomic E-state index is -1.40. The standard InChI is InChI=1S/C7H10ClNO5/c8-2-1-5(10)9-4(7(13)14)3-6(11)12/h4H,1-3H2,(H,9,10)(H,11,12)(H,13,14). The van der Waals surface area contributed by atoms with Crippen molar-refractivity contribution in [2.75, 3.05) is 5.88 Å². The summed E-state index contributed by atoms with van der Waals surface area (Å²) in [6.45, 7) is 0. The van der Waals surface area contributed by atoms with Crippen LogP contribution in [0.15, 0.2) is 0 Å². The highest BCUT2D eigenvalue weighted by molar-refractivity contribution is 6.18. The first kappa shape index (κ1) is 12.7. The summed E-state index contributed by atoms with van der Waals surface area (Å²) < 4.78 is 0. The number of nitrogens with one attached hydrogen (secondary N) is 1. The van der Waals surface area contributed by atoms with E-state index in [9.17, 15) is 14.4 Å². The van der Waals surface area contributed by atoms with Gasteiger partial charge in [-0.3, -0.25) is 9.59 Å². The molecule has 0 radical (unpaired) electrons. The molecular formula is C7H10ClNO5. The number of carboxylic acids is 2. The van der Waals surface area contributed by atoms with Crippen LogP contribution < -0.4 is 5.32 Å². The highest BCUT2D eigenvalue weighted by Gasteiger charge is 2.22. The van der Waals surface area contributed by atoms with Crippen LogP contribution in [0.2, 0.25) is 0 Å². The monoisotopic (exact) mass is 223 g/mol. The molecule has 7 heteroatoms. The highest BCUT2D eigenvalue weighted by Crippen LogP contribution is 1.94. The van der Waals surface area contributed by atoms with Gasteiger partial charge in [-0.2, -0.15) is 0 Å². The van der Waals surface area contributed by atoms with Crippen molar-refractivity contribution < 1.29 is 24.6 Å². The van der Waals surface area contributed by atoms with Gasteiger partial charge in [0.25, 0.3) is 0 Å². The first-order valence-electron chi connectivity index (χ1n) is 3.77. The zero-order valence-electron chi connectivity index (χ0n) is 7.20. The van der Waals surface area contributed by atoms with Gasteiger partial charge in [0.1, 0.15) is 6.04 Å². The van der Waals surface area contributed by atoms with Crippen LogP contribution in [0.4, 0.5) is 0 Å². The van der Waals surface area contributed by atoms with Gasteiger partial charge in [0.15, 0.2) is 0 Å². The minimum Gasteiger partial charge on any atom is -0.481 e. The molecule has 0 saturated heterocycles. The van der Waals surface area contributed by atoms with Gasteiger partial charge in [-0.1, -0.05) is 0 Å².